The molecule has 16 heteroatoms. The van der Waals surface area contributed by atoms with E-state index in [0.29, 0.717) is 56.8 Å². The maximum absolute atomic E-state index is 13.9. The smallest absolute Gasteiger partial charge is 0.407 e. The molecule has 0 saturated carbocycles. The first kappa shape index (κ1) is 42.7. The van der Waals surface area contributed by atoms with Gasteiger partial charge in [-0.2, -0.15) is 0 Å². The van der Waals surface area contributed by atoms with E-state index in [9.17, 15) is 28.8 Å². The van der Waals surface area contributed by atoms with Crippen molar-refractivity contribution in [2.24, 2.45) is 11.8 Å². The fourth-order valence-corrected chi connectivity index (χ4v) is 8.32. The first-order chi connectivity index (χ1) is 28.3. The van der Waals surface area contributed by atoms with Crippen LogP contribution in [0.25, 0.3) is 22.4 Å². The number of aromatic amines is 1. The lowest BCUT2D eigenvalue weighted by atomic mass is 10.0. The van der Waals surface area contributed by atoms with Crippen LogP contribution in [-0.4, -0.2) is 119 Å². The Labute approximate surface area is 344 Å². The van der Waals surface area contributed by atoms with Gasteiger partial charge in [-0.3, -0.25) is 19.2 Å². The molecule has 316 valence electrons. The van der Waals surface area contributed by atoms with Gasteiger partial charge < -0.3 is 45.1 Å². The van der Waals surface area contributed by atoms with Gasteiger partial charge in [0.25, 0.3) is 0 Å². The maximum Gasteiger partial charge on any atom is 0.407 e. The highest BCUT2D eigenvalue weighted by molar-refractivity contribution is 5.99. The minimum absolute atomic E-state index is 0.123. The predicted octanol–water partition coefficient (Wildman–Crippen LogP) is 5.09. The number of likely N-dealkylation sites (tertiary alicyclic amines) is 3. The van der Waals surface area contributed by atoms with Crippen LogP contribution in [0.4, 0.5) is 15.3 Å². The predicted molar refractivity (Wildman–Crippen MR) is 220 cm³/mol. The standard InChI is InChI=1S/C43H56N8O8/c1-25(2)35(47-42(56)58-5)40(54)49-21-7-10-32(49)37-44-24-31(46-37)29-15-13-27(14-16-29)28-17-19-30(20-18-28)45-38(52)33-11-8-22-50(33)39(53)34-12-9-23-51(34)41(55)36(26(3)4)48-43(57)59-6/h13-20,24-26,32-36H,7-12,21-23H2,1-6H3,(H,44,46)(H,45,52)(H,47,56)(H,48,57)/t32?,33?,34?,35?,36-/m0/s1. The Kier molecular flexibility index (Phi) is 13.6. The number of nitrogens with zero attached hydrogens (tertiary/aromatic N) is 4. The highest BCUT2D eigenvalue weighted by Crippen LogP contribution is 2.34. The quantitative estimate of drug-likeness (QED) is 0.193. The third kappa shape index (κ3) is 9.52. The number of H-pyrrole nitrogens is 1. The fraction of sp³-hybridized carbons (Fsp3) is 0.512. The third-order valence-corrected chi connectivity index (χ3v) is 11.6. The van der Waals surface area contributed by atoms with Gasteiger partial charge >= 0.3 is 12.2 Å². The molecule has 2 aromatic carbocycles. The van der Waals surface area contributed by atoms with E-state index in [1.807, 2.05) is 76.2 Å². The number of methoxy groups -OCH3 is 2. The summed E-state index contributed by atoms with van der Waals surface area (Å²) >= 11 is 0. The fourth-order valence-electron chi connectivity index (χ4n) is 8.32. The Bertz CT molecular complexity index is 2000. The van der Waals surface area contributed by atoms with E-state index in [2.05, 4.69) is 25.9 Å². The number of carbonyl (C=O) groups is 6. The maximum atomic E-state index is 13.9. The van der Waals surface area contributed by atoms with Crippen LogP contribution in [0.5, 0.6) is 0 Å². The first-order valence-corrected chi connectivity index (χ1v) is 20.5. The van der Waals surface area contributed by atoms with Crippen molar-refractivity contribution in [1.82, 2.24) is 35.3 Å². The Morgan fingerprint density at radius 3 is 1.73 bits per heavy atom. The van der Waals surface area contributed by atoms with Crippen LogP contribution in [0.1, 0.15) is 78.1 Å². The molecule has 6 amide bonds. The van der Waals surface area contributed by atoms with Crippen molar-refractivity contribution in [2.75, 3.05) is 39.2 Å². The van der Waals surface area contributed by atoms with Gasteiger partial charge in [0.2, 0.25) is 23.6 Å². The molecule has 6 rings (SSSR count). The molecular formula is C43H56N8O8. The molecule has 0 aliphatic carbocycles. The highest BCUT2D eigenvalue weighted by Gasteiger charge is 2.44. The normalized spacial score (nSPS) is 20.1. The molecule has 0 spiro atoms. The zero-order valence-corrected chi connectivity index (χ0v) is 34.7. The van der Waals surface area contributed by atoms with E-state index in [1.165, 1.54) is 14.2 Å². The van der Waals surface area contributed by atoms with Crippen molar-refractivity contribution in [1.29, 1.82) is 0 Å². The summed E-state index contributed by atoms with van der Waals surface area (Å²) in [7, 11) is 2.51. The van der Waals surface area contributed by atoms with Gasteiger partial charge in [0.15, 0.2) is 0 Å². The van der Waals surface area contributed by atoms with Crippen molar-refractivity contribution in [3.63, 3.8) is 0 Å². The Balaban J connectivity index is 1.06. The number of aromatic nitrogens is 2. The topological polar surface area (TPSA) is 195 Å². The van der Waals surface area contributed by atoms with Crippen LogP contribution in [0.15, 0.2) is 54.7 Å². The molecule has 3 aromatic rings. The van der Waals surface area contributed by atoms with Crippen LogP contribution in [0.2, 0.25) is 0 Å². The number of nitrogens with one attached hydrogen (secondary N) is 4. The van der Waals surface area contributed by atoms with Crippen molar-refractivity contribution in [3.05, 3.63) is 60.6 Å². The van der Waals surface area contributed by atoms with Crippen LogP contribution in [0.3, 0.4) is 0 Å². The summed E-state index contributed by atoms with van der Waals surface area (Å²) in [6.07, 6.45) is 4.33. The van der Waals surface area contributed by atoms with E-state index in [1.54, 1.807) is 20.9 Å². The lowest BCUT2D eigenvalue weighted by Gasteiger charge is -2.33. The van der Waals surface area contributed by atoms with E-state index in [0.717, 1.165) is 35.2 Å². The molecule has 4 heterocycles. The van der Waals surface area contributed by atoms with Gasteiger partial charge in [0.05, 0.1) is 32.2 Å². The second-order valence-corrected chi connectivity index (χ2v) is 16.1. The summed E-state index contributed by atoms with van der Waals surface area (Å²) in [5.41, 5.74) is 4.27. The SMILES string of the molecule is COC(=O)NC(C(=O)N1CCCC1c1ncc(-c2ccc(-c3ccc(NC(=O)C4CCCN4C(=O)C4CCCN4C(=O)[C@@H](NC(=O)OC)C(C)C)cc3)cc2)[nH]1)C(C)C. The number of hydrogen-bond acceptors (Lipinski definition) is 9. The molecule has 3 aliphatic rings. The third-order valence-electron chi connectivity index (χ3n) is 11.6. The van der Waals surface area contributed by atoms with Crippen LogP contribution >= 0.6 is 0 Å². The number of rotatable bonds is 12. The number of alkyl carbamates (subject to hydrolysis) is 2. The van der Waals surface area contributed by atoms with Crippen molar-refractivity contribution < 1.29 is 38.2 Å². The number of carbonyl (C=O) groups excluding carboxylic acids is 6. The van der Waals surface area contributed by atoms with E-state index in [4.69, 9.17) is 9.47 Å². The van der Waals surface area contributed by atoms with E-state index in [-0.39, 0.29) is 41.5 Å². The molecule has 3 fully saturated rings. The minimum Gasteiger partial charge on any atom is -0.453 e. The first-order valence-electron chi connectivity index (χ1n) is 20.5. The van der Waals surface area contributed by atoms with Gasteiger partial charge in [-0.05, 0) is 79.2 Å². The summed E-state index contributed by atoms with van der Waals surface area (Å²) in [4.78, 5) is 91.5. The van der Waals surface area contributed by atoms with Crippen molar-refractivity contribution >= 4 is 41.5 Å². The molecule has 4 N–H and O–H groups in total. The highest BCUT2D eigenvalue weighted by atomic mass is 16.5. The zero-order valence-electron chi connectivity index (χ0n) is 34.7. The minimum atomic E-state index is -0.837. The number of ether oxygens (including phenoxy) is 2. The van der Waals surface area contributed by atoms with Crippen LogP contribution in [0, 0.1) is 11.8 Å². The average Bonchev–Trinajstić information content (AvgIpc) is 4.08. The molecule has 59 heavy (non-hydrogen) atoms. The lowest BCUT2D eigenvalue weighted by Crippen LogP contribution is -2.56. The van der Waals surface area contributed by atoms with Gasteiger partial charge in [0.1, 0.15) is 30.0 Å². The monoisotopic (exact) mass is 812 g/mol. The lowest BCUT2D eigenvalue weighted by molar-refractivity contribution is -0.147. The largest absolute Gasteiger partial charge is 0.453 e. The van der Waals surface area contributed by atoms with Gasteiger partial charge in [-0.15, -0.1) is 0 Å². The molecule has 0 radical (unpaired) electrons. The molecule has 4 unspecified atom stereocenters. The second-order valence-electron chi connectivity index (χ2n) is 16.1. The number of benzene rings is 2. The Morgan fingerprint density at radius 1 is 0.661 bits per heavy atom. The van der Waals surface area contributed by atoms with Crippen LogP contribution in [-0.2, 0) is 28.7 Å². The van der Waals surface area contributed by atoms with E-state index < -0.39 is 36.4 Å². The molecule has 1 aromatic heterocycles. The van der Waals surface area contributed by atoms with Crippen LogP contribution < -0.4 is 16.0 Å². The summed E-state index contributed by atoms with van der Waals surface area (Å²) in [6, 6.07) is 12.4. The van der Waals surface area contributed by atoms with Gasteiger partial charge in [-0.1, -0.05) is 64.1 Å². The number of anilines is 1. The molecule has 16 nitrogen and oxygen atoms in total. The van der Waals surface area contributed by atoms with Crippen molar-refractivity contribution in [3.8, 4) is 22.4 Å². The molecule has 5 atom stereocenters. The number of amides is 6. The summed E-state index contributed by atoms with van der Waals surface area (Å²) in [5, 5.41) is 8.27. The van der Waals surface area contributed by atoms with Gasteiger partial charge in [-0.25, -0.2) is 14.6 Å². The summed E-state index contributed by atoms with van der Waals surface area (Å²) in [5.74, 6) is -0.674. The molecular weight excluding hydrogens is 757 g/mol. The second kappa shape index (κ2) is 18.8. The van der Waals surface area contributed by atoms with E-state index >= 15 is 0 Å². The molecule has 3 aliphatic heterocycles. The molecule has 3 saturated heterocycles. The Hall–Kier alpha value is -5.93. The number of imidazole rings is 1. The average molecular weight is 813 g/mol. The Morgan fingerprint density at radius 2 is 1.15 bits per heavy atom. The van der Waals surface area contributed by atoms with Crippen molar-refractivity contribution in [2.45, 2.75) is 96.4 Å². The summed E-state index contributed by atoms with van der Waals surface area (Å²) < 4.78 is 9.46. The van der Waals surface area contributed by atoms with Gasteiger partial charge in [0, 0.05) is 25.3 Å². The summed E-state index contributed by atoms with van der Waals surface area (Å²) in [6.45, 7) is 8.81. The zero-order chi connectivity index (χ0) is 42.4. The number of hydrogen-bond donors (Lipinski definition) is 4. The molecule has 0 bridgehead atoms.